The third-order valence-electron chi connectivity index (χ3n) is 5.67. The van der Waals surface area contributed by atoms with Gasteiger partial charge in [0.2, 0.25) is 0 Å². The number of aromatic nitrogens is 1. The van der Waals surface area contributed by atoms with Crippen molar-refractivity contribution >= 4 is 17.0 Å². The Bertz CT molecular complexity index is 1120. The molecule has 0 spiro atoms. The summed E-state index contributed by atoms with van der Waals surface area (Å²) in [6.45, 7) is 7.42. The standard InChI is InChI=1S/C23H25FN2O3/c1-23(2,3)16-7-8-20-19(14-16)26(22(28)29-20)18-9-11-25(12-10-18)21(27)15-5-4-6-17(24)13-15/h4-8,13-14,18H,9-12H2,1-3H3. The van der Waals surface area contributed by atoms with Crippen molar-refractivity contribution in [2.45, 2.75) is 45.1 Å². The Balaban J connectivity index is 1.57. The summed E-state index contributed by atoms with van der Waals surface area (Å²) in [7, 11) is 0. The fourth-order valence-corrected chi connectivity index (χ4v) is 3.98. The Kier molecular flexibility index (Phi) is 4.81. The zero-order chi connectivity index (χ0) is 20.8. The van der Waals surface area contributed by atoms with Crippen LogP contribution in [0.2, 0.25) is 0 Å². The predicted octanol–water partition coefficient (Wildman–Crippen LogP) is 4.51. The van der Waals surface area contributed by atoms with E-state index in [-0.39, 0.29) is 23.1 Å². The number of hydrogen-bond donors (Lipinski definition) is 0. The molecule has 0 saturated carbocycles. The van der Waals surface area contributed by atoms with Crippen LogP contribution in [0.3, 0.4) is 0 Å². The minimum Gasteiger partial charge on any atom is -0.408 e. The average Bonchev–Trinajstić information content (AvgIpc) is 3.02. The number of halogens is 1. The maximum Gasteiger partial charge on any atom is 0.420 e. The Labute approximate surface area is 168 Å². The Morgan fingerprint density at radius 1 is 1.10 bits per heavy atom. The van der Waals surface area contributed by atoms with Gasteiger partial charge in [-0.3, -0.25) is 9.36 Å². The monoisotopic (exact) mass is 396 g/mol. The fourth-order valence-electron chi connectivity index (χ4n) is 3.98. The van der Waals surface area contributed by atoms with E-state index in [0.717, 1.165) is 11.1 Å². The molecule has 1 aliphatic rings. The molecule has 2 heterocycles. The molecule has 29 heavy (non-hydrogen) atoms. The SMILES string of the molecule is CC(C)(C)c1ccc2oc(=O)n(C3CCN(C(=O)c4cccc(F)c4)CC3)c2c1. The summed E-state index contributed by atoms with van der Waals surface area (Å²) >= 11 is 0. The van der Waals surface area contributed by atoms with Crippen molar-refractivity contribution in [2.75, 3.05) is 13.1 Å². The van der Waals surface area contributed by atoms with Gasteiger partial charge in [0.05, 0.1) is 5.52 Å². The van der Waals surface area contributed by atoms with Gasteiger partial charge in [0.25, 0.3) is 5.91 Å². The highest BCUT2D eigenvalue weighted by molar-refractivity contribution is 5.94. The molecule has 0 radical (unpaired) electrons. The molecule has 1 aromatic heterocycles. The first kappa shape index (κ1) is 19.4. The van der Waals surface area contributed by atoms with Crippen LogP contribution in [-0.4, -0.2) is 28.5 Å². The second-order valence-electron chi connectivity index (χ2n) is 8.70. The van der Waals surface area contributed by atoms with E-state index < -0.39 is 5.82 Å². The van der Waals surface area contributed by atoms with Crippen molar-refractivity contribution in [2.24, 2.45) is 0 Å². The lowest BCUT2D eigenvalue weighted by Crippen LogP contribution is -2.40. The van der Waals surface area contributed by atoms with Gasteiger partial charge in [-0.2, -0.15) is 0 Å². The zero-order valence-corrected chi connectivity index (χ0v) is 16.9. The van der Waals surface area contributed by atoms with Gasteiger partial charge in [0.15, 0.2) is 5.58 Å². The van der Waals surface area contributed by atoms with Gasteiger partial charge in [-0.15, -0.1) is 0 Å². The lowest BCUT2D eigenvalue weighted by atomic mass is 9.87. The normalized spacial score (nSPS) is 15.8. The number of likely N-dealkylation sites (tertiary alicyclic amines) is 1. The van der Waals surface area contributed by atoms with Crippen molar-refractivity contribution in [3.63, 3.8) is 0 Å². The van der Waals surface area contributed by atoms with E-state index in [9.17, 15) is 14.0 Å². The van der Waals surface area contributed by atoms with E-state index in [0.29, 0.717) is 37.1 Å². The molecule has 0 N–H and O–H groups in total. The topological polar surface area (TPSA) is 55.5 Å². The van der Waals surface area contributed by atoms with Gasteiger partial charge in [-0.05, 0) is 54.2 Å². The average molecular weight is 396 g/mol. The molecule has 6 heteroatoms. The molecular weight excluding hydrogens is 371 g/mol. The van der Waals surface area contributed by atoms with E-state index in [2.05, 4.69) is 20.8 Å². The van der Waals surface area contributed by atoms with Gasteiger partial charge in [-0.25, -0.2) is 9.18 Å². The van der Waals surface area contributed by atoms with Crippen LogP contribution >= 0.6 is 0 Å². The molecule has 1 fully saturated rings. The first-order chi connectivity index (χ1) is 13.7. The van der Waals surface area contributed by atoms with Crippen LogP contribution in [0.4, 0.5) is 4.39 Å². The number of hydrogen-bond acceptors (Lipinski definition) is 3. The van der Waals surface area contributed by atoms with Crippen molar-refractivity contribution in [3.8, 4) is 0 Å². The van der Waals surface area contributed by atoms with Crippen LogP contribution in [-0.2, 0) is 5.41 Å². The summed E-state index contributed by atoms with van der Waals surface area (Å²) in [4.78, 5) is 26.9. The molecule has 152 valence electrons. The maximum atomic E-state index is 13.4. The van der Waals surface area contributed by atoms with Crippen LogP contribution in [0.15, 0.2) is 51.7 Å². The van der Waals surface area contributed by atoms with Crippen LogP contribution in [0.1, 0.15) is 55.6 Å². The Hall–Kier alpha value is -2.89. The molecule has 0 bridgehead atoms. The highest BCUT2D eigenvalue weighted by Crippen LogP contribution is 2.30. The second-order valence-corrected chi connectivity index (χ2v) is 8.70. The number of rotatable bonds is 2. The van der Waals surface area contributed by atoms with Crippen LogP contribution in [0, 0.1) is 5.82 Å². The van der Waals surface area contributed by atoms with Crippen LogP contribution in [0.25, 0.3) is 11.1 Å². The number of fused-ring (bicyclic) bond motifs is 1. The maximum absolute atomic E-state index is 13.4. The number of carbonyl (C=O) groups excluding carboxylic acids is 1. The largest absolute Gasteiger partial charge is 0.420 e. The highest BCUT2D eigenvalue weighted by Gasteiger charge is 2.28. The molecule has 5 nitrogen and oxygen atoms in total. The zero-order valence-electron chi connectivity index (χ0n) is 16.9. The first-order valence-corrected chi connectivity index (χ1v) is 9.94. The molecule has 3 aromatic rings. The van der Waals surface area contributed by atoms with E-state index in [1.807, 2.05) is 18.2 Å². The van der Waals surface area contributed by atoms with Crippen molar-refractivity contribution in [1.82, 2.24) is 9.47 Å². The molecule has 1 aliphatic heterocycles. The fraction of sp³-hybridized carbons (Fsp3) is 0.391. The van der Waals surface area contributed by atoms with Crippen molar-refractivity contribution < 1.29 is 13.6 Å². The summed E-state index contributed by atoms with van der Waals surface area (Å²) in [5.41, 5.74) is 2.84. The second kappa shape index (κ2) is 7.17. The minimum atomic E-state index is -0.420. The summed E-state index contributed by atoms with van der Waals surface area (Å²) in [5, 5.41) is 0. The number of piperidine rings is 1. The molecule has 4 rings (SSSR count). The number of carbonyl (C=O) groups is 1. The lowest BCUT2D eigenvalue weighted by Gasteiger charge is -2.32. The number of amides is 1. The summed E-state index contributed by atoms with van der Waals surface area (Å²) in [6, 6.07) is 11.6. The van der Waals surface area contributed by atoms with Gasteiger partial charge in [-0.1, -0.05) is 32.9 Å². The predicted molar refractivity (Wildman–Crippen MR) is 110 cm³/mol. The Morgan fingerprint density at radius 3 is 2.48 bits per heavy atom. The molecule has 1 amide bonds. The van der Waals surface area contributed by atoms with Gasteiger partial charge in [0.1, 0.15) is 5.82 Å². The van der Waals surface area contributed by atoms with Crippen molar-refractivity contribution in [3.05, 3.63) is 70.0 Å². The molecule has 2 aromatic carbocycles. The summed E-state index contributed by atoms with van der Waals surface area (Å²) in [5.74, 6) is -0.958. The van der Waals surface area contributed by atoms with E-state index in [4.69, 9.17) is 4.42 Å². The van der Waals surface area contributed by atoms with Crippen LogP contribution < -0.4 is 5.76 Å². The molecule has 1 saturated heterocycles. The van der Waals surface area contributed by atoms with Gasteiger partial charge in [0, 0.05) is 24.7 Å². The molecule has 0 aliphatic carbocycles. The lowest BCUT2D eigenvalue weighted by molar-refractivity contribution is 0.0693. The third-order valence-corrected chi connectivity index (χ3v) is 5.67. The van der Waals surface area contributed by atoms with Crippen molar-refractivity contribution in [1.29, 1.82) is 0 Å². The summed E-state index contributed by atoms with van der Waals surface area (Å²) in [6.07, 6.45) is 1.30. The number of oxazole rings is 1. The highest BCUT2D eigenvalue weighted by atomic mass is 19.1. The molecular formula is C23H25FN2O3. The molecule has 0 atom stereocenters. The third kappa shape index (κ3) is 3.71. The van der Waals surface area contributed by atoms with E-state index in [1.54, 1.807) is 21.6 Å². The Morgan fingerprint density at radius 2 is 1.83 bits per heavy atom. The van der Waals surface area contributed by atoms with E-state index in [1.165, 1.54) is 12.1 Å². The minimum absolute atomic E-state index is 0.0319. The number of nitrogens with zero attached hydrogens (tertiary/aromatic N) is 2. The van der Waals surface area contributed by atoms with Crippen LogP contribution in [0.5, 0.6) is 0 Å². The summed E-state index contributed by atoms with van der Waals surface area (Å²) < 4.78 is 20.6. The quantitative estimate of drug-likeness (QED) is 0.640. The smallest absolute Gasteiger partial charge is 0.408 e. The van der Waals surface area contributed by atoms with Gasteiger partial charge >= 0.3 is 5.76 Å². The number of benzene rings is 2. The molecule has 0 unspecified atom stereocenters. The van der Waals surface area contributed by atoms with E-state index >= 15 is 0 Å². The first-order valence-electron chi connectivity index (χ1n) is 9.94. The van der Waals surface area contributed by atoms with Gasteiger partial charge < -0.3 is 9.32 Å².